The first-order valence-electron chi connectivity index (χ1n) is 5.36. The van der Waals surface area contributed by atoms with Crippen LogP contribution in [-0.4, -0.2) is 29.2 Å². The van der Waals surface area contributed by atoms with Crippen molar-refractivity contribution in [2.24, 2.45) is 5.92 Å². The first kappa shape index (κ1) is 12.9. The van der Waals surface area contributed by atoms with Crippen molar-refractivity contribution < 1.29 is 4.79 Å². The third-order valence-electron chi connectivity index (χ3n) is 1.97. The molecule has 2 N–H and O–H groups in total. The Morgan fingerprint density at radius 3 is 3.00 bits per heavy atom. The van der Waals surface area contributed by atoms with Crippen LogP contribution in [0.2, 0.25) is 0 Å². The van der Waals surface area contributed by atoms with Crippen LogP contribution in [0.25, 0.3) is 0 Å². The van der Waals surface area contributed by atoms with E-state index in [4.69, 9.17) is 5.26 Å². The van der Waals surface area contributed by atoms with Gasteiger partial charge >= 0.3 is 0 Å². The molecule has 0 aliphatic carbocycles. The minimum absolute atomic E-state index is 0.0834. The standard InChI is InChI=1S/C11H15N5O/c1-8(2)6-13-10(17)7-14-11-9(5-12)3-4-15-16-11/h3-4,8H,6-7H2,1-2H3,(H,13,17)(H,14,16). The van der Waals surface area contributed by atoms with Crippen LogP contribution < -0.4 is 10.6 Å². The summed E-state index contributed by atoms with van der Waals surface area (Å²) in [6, 6.07) is 3.52. The average molecular weight is 233 g/mol. The first-order valence-corrected chi connectivity index (χ1v) is 5.36. The fourth-order valence-corrected chi connectivity index (χ4v) is 1.10. The Labute approximate surface area is 100 Å². The maximum Gasteiger partial charge on any atom is 0.239 e. The van der Waals surface area contributed by atoms with E-state index in [1.807, 2.05) is 19.9 Å². The molecule has 0 aromatic carbocycles. The fourth-order valence-electron chi connectivity index (χ4n) is 1.10. The Kier molecular flexibility index (Phi) is 4.88. The maximum atomic E-state index is 11.4. The molecule has 6 nitrogen and oxygen atoms in total. The quantitative estimate of drug-likeness (QED) is 0.774. The summed E-state index contributed by atoms with van der Waals surface area (Å²) in [6.07, 6.45) is 1.43. The van der Waals surface area contributed by atoms with Gasteiger partial charge in [-0.15, -0.1) is 5.10 Å². The second-order valence-corrected chi connectivity index (χ2v) is 3.96. The number of nitrogens with one attached hydrogen (secondary N) is 2. The lowest BCUT2D eigenvalue weighted by atomic mass is 10.2. The third kappa shape index (κ3) is 4.47. The van der Waals surface area contributed by atoms with Gasteiger partial charge in [0.05, 0.1) is 18.3 Å². The predicted molar refractivity (Wildman–Crippen MR) is 63.1 cm³/mol. The molecule has 1 aromatic heterocycles. The monoisotopic (exact) mass is 233 g/mol. The van der Waals surface area contributed by atoms with Gasteiger partial charge in [0, 0.05) is 6.54 Å². The van der Waals surface area contributed by atoms with Crippen LogP contribution in [0, 0.1) is 17.2 Å². The minimum atomic E-state index is -0.131. The third-order valence-corrected chi connectivity index (χ3v) is 1.97. The van der Waals surface area contributed by atoms with E-state index >= 15 is 0 Å². The highest BCUT2D eigenvalue weighted by molar-refractivity contribution is 5.80. The molecular weight excluding hydrogens is 218 g/mol. The van der Waals surface area contributed by atoms with E-state index in [0.717, 1.165) is 0 Å². The molecule has 0 saturated heterocycles. The van der Waals surface area contributed by atoms with Gasteiger partial charge in [0.1, 0.15) is 6.07 Å². The Morgan fingerprint density at radius 2 is 2.35 bits per heavy atom. The van der Waals surface area contributed by atoms with Gasteiger partial charge in [-0.3, -0.25) is 4.79 Å². The van der Waals surface area contributed by atoms with Crippen molar-refractivity contribution in [3.63, 3.8) is 0 Å². The van der Waals surface area contributed by atoms with Gasteiger partial charge in [-0.25, -0.2) is 0 Å². The number of hydrogen-bond donors (Lipinski definition) is 2. The van der Waals surface area contributed by atoms with Crippen LogP contribution in [-0.2, 0) is 4.79 Å². The second kappa shape index (κ2) is 6.43. The summed E-state index contributed by atoms with van der Waals surface area (Å²) < 4.78 is 0. The van der Waals surface area contributed by atoms with Crippen molar-refractivity contribution in [3.05, 3.63) is 17.8 Å². The minimum Gasteiger partial charge on any atom is -0.358 e. The van der Waals surface area contributed by atoms with Gasteiger partial charge < -0.3 is 10.6 Å². The zero-order valence-corrected chi connectivity index (χ0v) is 9.90. The number of carbonyl (C=O) groups excluding carboxylic acids is 1. The Balaban J connectivity index is 2.45. The largest absolute Gasteiger partial charge is 0.358 e. The van der Waals surface area contributed by atoms with Crippen LogP contribution in [0.5, 0.6) is 0 Å². The number of anilines is 1. The molecule has 1 amide bonds. The molecule has 0 unspecified atom stereocenters. The van der Waals surface area contributed by atoms with Gasteiger partial charge in [0.25, 0.3) is 0 Å². The van der Waals surface area contributed by atoms with Crippen molar-refractivity contribution in [2.75, 3.05) is 18.4 Å². The van der Waals surface area contributed by atoms with Crippen molar-refractivity contribution in [3.8, 4) is 6.07 Å². The van der Waals surface area contributed by atoms with E-state index in [9.17, 15) is 4.79 Å². The molecular formula is C11H15N5O. The summed E-state index contributed by atoms with van der Waals surface area (Å²) >= 11 is 0. The highest BCUT2D eigenvalue weighted by atomic mass is 16.1. The Morgan fingerprint density at radius 1 is 1.59 bits per heavy atom. The molecule has 6 heteroatoms. The number of hydrogen-bond acceptors (Lipinski definition) is 5. The Bertz CT molecular complexity index is 424. The van der Waals surface area contributed by atoms with Gasteiger partial charge in [0.15, 0.2) is 5.82 Å². The van der Waals surface area contributed by atoms with Crippen LogP contribution in [0.3, 0.4) is 0 Å². The van der Waals surface area contributed by atoms with E-state index in [1.165, 1.54) is 6.20 Å². The fraction of sp³-hybridized carbons (Fsp3) is 0.455. The summed E-state index contributed by atoms with van der Waals surface area (Å²) in [6.45, 7) is 4.75. The number of carbonyl (C=O) groups is 1. The zero-order valence-electron chi connectivity index (χ0n) is 9.90. The molecule has 0 atom stereocenters. The molecule has 90 valence electrons. The van der Waals surface area contributed by atoms with Gasteiger partial charge in [-0.1, -0.05) is 13.8 Å². The number of rotatable bonds is 5. The molecule has 1 heterocycles. The maximum absolute atomic E-state index is 11.4. The number of nitriles is 1. The van der Waals surface area contributed by atoms with Gasteiger partial charge in [0.2, 0.25) is 5.91 Å². The van der Waals surface area contributed by atoms with Gasteiger partial charge in [-0.2, -0.15) is 10.4 Å². The highest BCUT2D eigenvalue weighted by Crippen LogP contribution is 2.06. The molecule has 0 radical (unpaired) electrons. The zero-order chi connectivity index (χ0) is 12.7. The molecule has 0 aliphatic heterocycles. The topological polar surface area (TPSA) is 90.7 Å². The van der Waals surface area contributed by atoms with E-state index < -0.39 is 0 Å². The van der Waals surface area contributed by atoms with Gasteiger partial charge in [-0.05, 0) is 12.0 Å². The second-order valence-electron chi connectivity index (χ2n) is 3.96. The summed E-state index contributed by atoms with van der Waals surface area (Å²) in [7, 11) is 0. The summed E-state index contributed by atoms with van der Waals surface area (Å²) in [5, 5.41) is 21.7. The molecule has 1 rings (SSSR count). The number of aromatic nitrogens is 2. The SMILES string of the molecule is CC(C)CNC(=O)CNc1nnccc1C#N. The van der Waals surface area contributed by atoms with E-state index in [-0.39, 0.29) is 12.5 Å². The van der Waals surface area contributed by atoms with E-state index in [0.29, 0.717) is 23.8 Å². The van der Waals surface area contributed by atoms with Crippen molar-refractivity contribution >= 4 is 11.7 Å². The smallest absolute Gasteiger partial charge is 0.239 e. The van der Waals surface area contributed by atoms with Crippen LogP contribution in [0.15, 0.2) is 12.3 Å². The summed E-state index contributed by atoms with van der Waals surface area (Å²) in [5.41, 5.74) is 0.372. The lowest BCUT2D eigenvalue weighted by Crippen LogP contribution is -2.32. The summed E-state index contributed by atoms with van der Waals surface area (Å²) in [5.74, 6) is 0.605. The normalized spacial score (nSPS) is 9.76. The molecule has 0 bridgehead atoms. The molecule has 0 spiro atoms. The molecule has 17 heavy (non-hydrogen) atoms. The van der Waals surface area contributed by atoms with Crippen LogP contribution in [0.4, 0.5) is 5.82 Å². The summed E-state index contributed by atoms with van der Waals surface area (Å²) in [4.78, 5) is 11.4. The lowest BCUT2D eigenvalue weighted by molar-refractivity contribution is -0.119. The van der Waals surface area contributed by atoms with Crippen LogP contribution in [0.1, 0.15) is 19.4 Å². The first-order chi connectivity index (χ1) is 8.13. The van der Waals surface area contributed by atoms with E-state index in [1.54, 1.807) is 6.07 Å². The Hall–Kier alpha value is -2.16. The lowest BCUT2D eigenvalue weighted by Gasteiger charge is -2.08. The molecule has 0 aliphatic rings. The van der Waals surface area contributed by atoms with E-state index in [2.05, 4.69) is 20.8 Å². The van der Waals surface area contributed by atoms with Crippen molar-refractivity contribution in [2.45, 2.75) is 13.8 Å². The highest BCUT2D eigenvalue weighted by Gasteiger charge is 2.06. The van der Waals surface area contributed by atoms with Crippen molar-refractivity contribution in [1.82, 2.24) is 15.5 Å². The molecule has 1 aromatic rings. The molecule has 0 saturated carbocycles. The number of amides is 1. The number of nitrogens with zero attached hydrogens (tertiary/aromatic N) is 3. The average Bonchev–Trinajstić information content (AvgIpc) is 2.34. The van der Waals surface area contributed by atoms with Crippen molar-refractivity contribution in [1.29, 1.82) is 5.26 Å². The predicted octanol–water partition coefficient (Wildman–Crippen LogP) is 0.532. The molecule has 0 fully saturated rings. The van der Waals surface area contributed by atoms with Crippen LogP contribution >= 0.6 is 0 Å².